The van der Waals surface area contributed by atoms with Gasteiger partial charge in [0.15, 0.2) is 28.1 Å². The molecule has 1 aliphatic heterocycles. The number of hydrogen-bond donors (Lipinski definition) is 1. The standard InChI is InChI=1S/C24H18BrF5N2O6/c25-20-19(11-3-5-12(6-4-11)24(28,29)30)32-22(38-20)16(10-36-23-14(33)2-1-9-35-23)37-15-8-7-13(26)17(18(15)27)21(31)34/h3-8,16,23H,1-2,9-10H2,(H2,31,34). The molecule has 2 heterocycles. The van der Waals surface area contributed by atoms with E-state index in [1.54, 1.807) is 0 Å². The van der Waals surface area contributed by atoms with E-state index >= 15 is 0 Å². The van der Waals surface area contributed by atoms with Crippen LogP contribution in [-0.2, 0) is 20.4 Å². The van der Waals surface area contributed by atoms with Crippen LogP contribution in [0.15, 0.2) is 45.5 Å². The lowest BCUT2D eigenvalue weighted by atomic mass is 10.1. The van der Waals surface area contributed by atoms with Crippen LogP contribution in [-0.4, -0.2) is 36.2 Å². The van der Waals surface area contributed by atoms with Crippen molar-refractivity contribution in [1.29, 1.82) is 0 Å². The van der Waals surface area contributed by atoms with E-state index in [0.29, 0.717) is 6.42 Å². The number of hydrogen-bond acceptors (Lipinski definition) is 7. The van der Waals surface area contributed by atoms with Crippen molar-refractivity contribution >= 4 is 27.6 Å². The topological polar surface area (TPSA) is 114 Å². The second-order valence-corrected chi connectivity index (χ2v) is 8.78. The van der Waals surface area contributed by atoms with Crippen molar-refractivity contribution < 1.29 is 50.2 Å². The maximum Gasteiger partial charge on any atom is 0.416 e. The zero-order valence-corrected chi connectivity index (χ0v) is 20.8. The van der Waals surface area contributed by atoms with E-state index in [4.69, 9.17) is 24.4 Å². The second kappa shape index (κ2) is 11.2. The van der Waals surface area contributed by atoms with Crippen LogP contribution in [0.1, 0.15) is 40.8 Å². The van der Waals surface area contributed by atoms with Gasteiger partial charge in [-0.05, 0) is 46.6 Å². The van der Waals surface area contributed by atoms with E-state index < -0.39 is 59.6 Å². The molecule has 0 aliphatic carbocycles. The highest BCUT2D eigenvalue weighted by Crippen LogP contribution is 2.36. The first-order valence-corrected chi connectivity index (χ1v) is 11.8. The predicted octanol–water partition coefficient (Wildman–Crippen LogP) is 5.34. The number of nitrogens with zero attached hydrogens (tertiary/aromatic N) is 1. The Balaban J connectivity index is 1.66. The van der Waals surface area contributed by atoms with Crippen LogP contribution in [0.3, 0.4) is 0 Å². The third-order valence-corrected chi connectivity index (χ3v) is 5.97. The van der Waals surface area contributed by atoms with Gasteiger partial charge in [0, 0.05) is 12.0 Å². The minimum atomic E-state index is -4.54. The number of rotatable bonds is 8. The summed E-state index contributed by atoms with van der Waals surface area (Å²) < 4.78 is 89.6. The van der Waals surface area contributed by atoms with Crippen molar-refractivity contribution in [2.75, 3.05) is 13.2 Å². The van der Waals surface area contributed by atoms with Gasteiger partial charge >= 0.3 is 6.18 Å². The minimum Gasteiger partial charge on any atom is -0.475 e. The monoisotopic (exact) mass is 604 g/mol. The Hall–Kier alpha value is -3.36. The summed E-state index contributed by atoms with van der Waals surface area (Å²) in [6.07, 6.45) is -6.43. The van der Waals surface area contributed by atoms with E-state index in [1.165, 1.54) is 12.1 Å². The lowest BCUT2D eigenvalue weighted by molar-refractivity contribution is -0.185. The molecule has 14 heteroatoms. The molecule has 2 N–H and O–H groups in total. The molecular formula is C24H18BrF5N2O6. The number of amides is 1. The number of aromatic nitrogens is 1. The molecule has 1 aromatic heterocycles. The highest BCUT2D eigenvalue weighted by molar-refractivity contribution is 9.10. The lowest BCUT2D eigenvalue weighted by Gasteiger charge is -2.24. The van der Waals surface area contributed by atoms with Crippen molar-refractivity contribution in [2.24, 2.45) is 5.73 Å². The smallest absolute Gasteiger partial charge is 0.416 e. The summed E-state index contributed by atoms with van der Waals surface area (Å²) in [4.78, 5) is 27.8. The van der Waals surface area contributed by atoms with Crippen LogP contribution in [0, 0.1) is 11.6 Å². The number of benzene rings is 2. The fraction of sp³-hybridized carbons (Fsp3) is 0.292. The Morgan fingerprint density at radius 2 is 1.89 bits per heavy atom. The Bertz CT molecular complexity index is 1350. The van der Waals surface area contributed by atoms with Gasteiger partial charge < -0.3 is 24.4 Å². The molecule has 4 rings (SSSR count). The van der Waals surface area contributed by atoms with Crippen molar-refractivity contribution in [3.63, 3.8) is 0 Å². The van der Waals surface area contributed by atoms with Crippen LogP contribution >= 0.6 is 15.9 Å². The van der Waals surface area contributed by atoms with Gasteiger partial charge in [0.05, 0.1) is 18.8 Å². The summed E-state index contributed by atoms with van der Waals surface area (Å²) in [6.45, 7) is -0.211. The van der Waals surface area contributed by atoms with E-state index in [2.05, 4.69) is 20.9 Å². The molecule has 1 fully saturated rings. The molecule has 2 atom stereocenters. The first kappa shape index (κ1) is 27.7. The number of oxazole rings is 1. The molecule has 3 aromatic rings. The average Bonchev–Trinajstić information content (AvgIpc) is 3.24. The maximum atomic E-state index is 14.9. The summed E-state index contributed by atoms with van der Waals surface area (Å²) >= 11 is 3.15. The van der Waals surface area contributed by atoms with Gasteiger partial charge in [0.1, 0.15) is 17.1 Å². The SMILES string of the molecule is NC(=O)c1c(F)ccc(OC(COC2OCCCC2=O)c2nc(-c3ccc(C(F)(F)F)cc3)c(Br)o2)c1F. The van der Waals surface area contributed by atoms with Crippen LogP contribution in [0.4, 0.5) is 22.0 Å². The number of halogens is 6. The lowest BCUT2D eigenvalue weighted by Crippen LogP contribution is -2.34. The van der Waals surface area contributed by atoms with Gasteiger partial charge in [-0.1, -0.05) is 12.1 Å². The number of Topliss-reactive ketones (excluding diaryl/α,β-unsaturated/α-hetero) is 1. The number of alkyl halides is 3. The molecule has 202 valence electrons. The molecule has 0 saturated carbocycles. The summed E-state index contributed by atoms with van der Waals surface area (Å²) in [5.74, 6) is -5.14. The first-order chi connectivity index (χ1) is 18.0. The van der Waals surface area contributed by atoms with Gasteiger partial charge in [0.2, 0.25) is 12.2 Å². The van der Waals surface area contributed by atoms with Gasteiger partial charge in [-0.2, -0.15) is 13.2 Å². The largest absolute Gasteiger partial charge is 0.475 e. The highest BCUT2D eigenvalue weighted by Gasteiger charge is 2.32. The predicted molar refractivity (Wildman–Crippen MR) is 123 cm³/mol. The first-order valence-electron chi connectivity index (χ1n) is 11.0. The number of ether oxygens (including phenoxy) is 3. The summed E-state index contributed by atoms with van der Waals surface area (Å²) in [5, 5.41) is 0. The van der Waals surface area contributed by atoms with Crippen molar-refractivity contribution in [1.82, 2.24) is 4.98 Å². The number of primary amides is 1. The molecule has 8 nitrogen and oxygen atoms in total. The Morgan fingerprint density at radius 3 is 2.53 bits per heavy atom. The van der Waals surface area contributed by atoms with E-state index in [9.17, 15) is 31.5 Å². The van der Waals surface area contributed by atoms with Crippen LogP contribution < -0.4 is 10.5 Å². The number of ketones is 1. The van der Waals surface area contributed by atoms with E-state index in [-0.39, 0.29) is 40.6 Å². The van der Waals surface area contributed by atoms with Crippen LogP contribution in [0.2, 0.25) is 0 Å². The third kappa shape index (κ3) is 6.03. The number of carbonyl (C=O) groups excluding carboxylic acids is 2. The summed E-state index contributed by atoms with van der Waals surface area (Å²) in [7, 11) is 0. The second-order valence-electron chi connectivity index (χ2n) is 8.06. The van der Waals surface area contributed by atoms with Crippen molar-refractivity contribution in [2.45, 2.75) is 31.4 Å². The summed E-state index contributed by atoms with van der Waals surface area (Å²) in [5.41, 5.74) is 3.49. The molecule has 2 aromatic carbocycles. The molecule has 0 spiro atoms. The summed E-state index contributed by atoms with van der Waals surface area (Å²) in [6, 6.07) is 5.74. The molecule has 1 aliphatic rings. The van der Waals surface area contributed by atoms with E-state index in [1.807, 2.05) is 0 Å². The van der Waals surface area contributed by atoms with Crippen molar-refractivity contribution in [3.8, 4) is 17.0 Å². The molecule has 2 unspecified atom stereocenters. The number of nitrogens with two attached hydrogens (primary N) is 1. The zero-order valence-electron chi connectivity index (χ0n) is 19.2. The van der Waals surface area contributed by atoms with E-state index in [0.717, 1.165) is 24.3 Å². The molecule has 1 saturated heterocycles. The Kier molecular flexibility index (Phi) is 8.13. The van der Waals surface area contributed by atoms with Gasteiger partial charge in [-0.25, -0.2) is 13.8 Å². The minimum absolute atomic E-state index is 0.00301. The Labute approximate surface area is 220 Å². The van der Waals surface area contributed by atoms with Gasteiger partial charge in [-0.3, -0.25) is 9.59 Å². The molecular weight excluding hydrogens is 587 g/mol. The van der Waals surface area contributed by atoms with Gasteiger partial charge in [0.25, 0.3) is 5.91 Å². The average molecular weight is 605 g/mol. The highest BCUT2D eigenvalue weighted by atomic mass is 79.9. The van der Waals surface area contributed by atoms with Crippen LogP contribution in [0.25, 0.3) is 11.3 Å². The zero-order chi connectivity index (χ0) is 27.6. The Morgan fingerprint density at radius 1 is 1.18 bits per heavy atom. The van der Waals surface area contributed by atoms with Crippen molar-refractivity contribution in [3.05, 3.63) is 69.7 Å². The molecule has 0 bridgehead atoms. The molecule has 0 radical (unpaired) electrons. The molecule has 38 heavy (non-hydrogen) atoms. The number of carbonyl (C=O) groups is 2. The third-order valence-electron chi connectivity index (χ3n) is 5.43. The molecule has 1 amide bonds. The maximum absolute atomic E-state index is 14.9. The van der Waals surface area contributed by atoms with Gasteiger partial charge in [-0.15, -0.1) is 0 Å². The normalized spacial score (nSPS) is 16.9. The fourth-order valence-corrected chi connectivity index (χ4v) is 4.06. The fourth-order valence-electron chi connectivity index (χ4n) is 3.57. The quantitative estimate of drug-likeness (QED) is 0.345. The van der Waals surface area contributed by atoms with Crippen LogP contribution in [0.5, 0.6) is 5.75 Å².